The van der Waals surface area contributed by atoms with Crippen LogP contribution in [-0.2, 0) is 4.79 Å². The quantitative estimate of drug-likeness (QED) is 0.329. The first-order chi connectivity index (χ1) is 12.1. The van der Waals surface area contributed by atoms with Crippen molar-refractivity contribution >= 4 is 17.9 Å². The van der Waals surface area contributed by atoms with Crippen LogP contribution in [0.3, 0.4) is 0 Å². The zero-order chi connectivity index (χ0) is 19.4. The number of nitrogens with one attached hydrogen (secondary N) is 3. The molecule has 0 bridgehead atoms. The lowest BCUT2D eigenvalue weighted by molar-refractivity contribution is -0.189. The third kappa shape index (κ3) is 5.07. The molecule has 1 fully saturated rings. The van der Waals surface area contributed by atoms with Crippen molar-refractivity contribution in [3.63, 3.8) is 0 Å². The highest BCUT2D eigenvalue weighted by molar-refractivity contribution is 5.86. The second-order valence-corrected chi connectivity index (χ2v) is 6.63. The van der Waals surface area contributed by atoms with E-state index in [4.69, 9.17) is 11.1 Å². The number of aliphatic hydroxyl groups is 2. The number of halogens is 1. The van der Waals surface area contributed by atoms with Gasteiger partial charge in [-0.25, -0.2) is 9.37 Å². The lowest BCUT2D eigenvalue weighted by Crippen LogP contribution is -2.58. The second kappa shape index (κ2) is 7.90. The van der Waals surface area contributed by atoms with Gasteiger partial charge in [-0.1, -0.05) is 6.07 Å². The van der Waals surface area contributed by atoms with Crippen molar-refractivity contribution in [2.45, 2.75) is 50.0 Å². The van der Waals surface area contributed by atoms with E-state index in [0.29, 0.717) is 12.0 Å². The Bertz CT molecular complexity index is 680. The molecule has 9 heteroatoms. The predicted molar refractivity (Wildman–Crippen MR) is 94.9 cm³/mol. The number of rotatable bonds is 6. The predicted octanol–water partition coefficient (Wildman–Crippen LogP) is 1.08. The Hall–Kier alpha value is -2.36. The topological polar surface area (TPSA) is 144 Å². The van der Waals surface area contributed by atoms with Gasteiger partial charge in [0.25, 0.3) is 0 Å². The van der Waals surface area contributed by atoms with E-state index in [0.717, 1.165) is 11.8 Å². The second-order valence-electron chi connectivity index (χ2n) is 6.63. The molecule has 1 atom stereocenters. The SMILES string of the molecule is C[C@H](NC(=O)C1(N)CCC(O)(O)CC1)c1ccc(N/C=C(/F)C=N)nc1. The molecular weight excluding hydrogens is 341 g/mol. The molecule has 0 radical (unpaired) electrons. The average molecular weight is 365 g/mol. The molecule has 1 amide bonds. The van der Waals surface area contributed by atoms with Gasteiger partial charge in [0.05, 0.1) is 17.8 Å². The summed E-state index contributed by atoms with van der Waals surface area (Å²) in [6.45, 7) is 1.78. The van der Waals surface area contributed by atoms with Crippen molar-refractivity contribution in [1.82, 2.24) is 10.3 Å². The minimum Gasteiger partial charge on any atom is -0.366 e. The van der Waals surface area contributed by atoms with Crippen molar-refractivity contribution in [1.29, 1.82) is 5.41 Å². The van der Waals surface area contributed by atoms with Gasteiger partial charge in [-0.15, -0.1) is 0 Å². The molecule has 0 spiro atoms. The zero-order valence-electron chi connectivity index (χ0n) is 14.5. The Balaban J connectivity index is 1.95. The number of pyridine rings is 1. The lowest BCUT2D eigenvalue weighted by atomic mass is 9.78. The third-order valence-corrected chi connectivity index (χ3v) is 4.52. The molecular formula is C17H24FN5O3. The molecule has 7 N–H and O–H groups in total. The molecule has 142 valence electrons. The van der Waals surface area contributed by atoms with E-state index >= 15 is 0 Å². The Morgan fingerprint density at radius 2 is 2.04 bits per heavy atom. The lowest BCUT2D eigenvalue weighted by Gasteiger charge is -2.38. The van der Waals surface area contributed by atoms with Crippen molar-refractivity contribution in [2.24, 2.45) is 5.73 Å². The minimum atomic E-state index is -1.76. The fourth-order valence-corrected chi connectivity index (χ4v) is 2.68. The number of carbonyl (C=O) groups is 1. The van der Waals surface area contributed by atoms with Crippen LogP contribution in [0.2, 0.25) is 0 Å². The molecule has 1 aliphatic rings. The van der Waals surface area contributed by atoms with E-state index in [1.807, 2.05) is 0 Å². The molecule has 0 aromatic carbocycles. The van der Waals surface area contributed by atoms with E-state index in [1.165, 1.54) is 0 Å². The van der Waals surface area contributed by atoms with Crippen LogP contribution >= 0.6 is 0 Å². The molecule has 2 rings (SSSR count). The Kier molecular flexibility index (Phi) is 6.06. The molecule has 0 unspecified atom stereocenters. The number of anilines is 1. The third-order valence-electron chi connectivity index (χ3n) is 4.52. The standard InChI is InChI=1S/C17H24FN5O3/c1-11(12-2-3-14(21-9-12)22-10-13(18)8-19)23-15(24)16(20)4-6-17(25,26)7-5-16/h2-3,8-11,19,25-26H,4-7,20H2,1H3,(H,21,22)(H,23,24)/b13-10+,19-8?/t11-/m0/s1. The van der Waals surface area contributed by atoms with Crippen LogP contribution in [0, 0.1) is 5.41 Å². The van der Waals surface area contributed by atoms with Crippen LogP contribution in [0.15, 0.2) is 30.4 Å². The first-order valence-electron chi connectivity index (χ1n) is 8.28. The number of nitrogens with zero attached hydrogens (tertiary/aromatic N) is 1. The van der Waals surface area contributed by atoms with Crippen molar-refractivity contribution < 1.29 is 19.4 Å². The monoisotopic (exact) mass is 365 g/mol. The molecule has 1 saturated carbocycles. The number of aromatic nitrogens is 1. The molecule has 8 nitrogen and oxygen atoms in total. The van der Waals surface area contributed by atoms with Crippen molar-refractivity contribution in [3.05, 3.63) is 35.9 Å². The van der Waals surface area contributed by atoms with Gasteiger partial charge in [-0.05, 0) is 31.4 Å². The minimum absolute atomic E-state index is 0.0487. The van der Waals surface area contributed by atoms with Gasteiger partial charge in [0.1, 0.15) is 5.82 Å². The fraction of sp³-hybridized carbons (Fsp3) is 0.471. The van der Waals surface area contributed by atoms with Gasteiger partial charge < -0.3 is 32.0 Å². The van der Waals surface area contributed by atoms with Gasteiger partial charge in [0.15, 0.2) is 11.6 Å². The maximum absolute atomic E-state index is 12.9. The molecule has 1 aliphatic carbocycles. The summed E-state index contributed by atoms with van der Waals surface area (Å²) in [4.78, 5) is 16.6. The fourth-order valence-electron chi connectivity index (χ4n) is 2.68. The van der Waals surface area contributed by atoms with E-state index in [2.05, 4.69) is 15.6 Å². The highest BCUT2D eigenvalue weighted by atomic mass is 19.1. The van der Waals surface area contributed by atoms with Gasteiger partial charge >= 0.3 is 0 Å². The van der Waals surface area contributed by atoms with Crippen molar-refractivity contribution in [2.75, 3.05) is 5.32 Å². The molecule has 0 aliphatic heterocycles. The highest BCUT2D eigenvalue weighted by Gasteiger charge is 2.43. The largest absolute Gasteiger partial charge is 0.366 e. The van der Waals surface area contributed by atoms with E-state index in [9.17, 15) is 19.4 Å². The maximum atomic E-state index is 12.9. The summed E-state index contributed by atoms with van der Waals surface area (Å²) in [6.07, 6.45) is 3.60. The van der Waals surface area contributed by atoms with Gasteiger partial charge in [-0.2, -0.15) is 0 Å². The number of nitrogens with two attached hydrogens (primary N) is 1. The van der Waals surface area contributed by atoms with Crippen LogP contribution in [0.1, 0.15) is 44.2 Å². The molecule has 0 saturated heterocycles. The number of amides is 1. The zero-order valence-corrected chi connectivity index (χ0v) is 14.5. The summed E-state index contributed by atoms with van der Waals surface area (Å²) in [6, 6.07) is 3.00. The van der Waals surface area contributed by atoms with Crippen molar-refractivity contribution in [3.8, 4) is 0 Å². The molecule has 1 heterocycles. The van der Waals surface area contributed by atoms with E-state index in [-0.39, 0.29) is 37.6 Å². The highest BCUT2D eigenvalue weighted by Crippen LogP contribution is 2.32. The number of carbonyl (C=O) groups excluding carboxylic acids is 1. The molecule has 1 aromatic rings. The van der Waals surface area contributed by atoms with Gasteiger partial charge in [0, 0.05) is 25.2 Å². The summed E-state index contributed by atoms with van der Waals surface area (Å²) >= 11 is 0. The summed E-state index contributed by atoms with van der Waals surface area (Å²) < 4.78 is 12.9. The Labute approximate surface area is 150 Å². The van der Waals surface area contributed by atoms with E-state index in [1.54, 1.807) is 25.3 Å². The number of allylic oxidation sites excluding steroid dienone is 1. The first kappa shape index (κ1) is 20.0. The smallest absolute Gasteiger partial charge is 0.240 e. The van der Waals surface area contributed by atoms with Crippen LogP contribution in [0.25, 0.3) is 0 Å². The summed E-state index contributed by atoms with van der Waals surface area (Å²) in [5, 5.41) is 31.3. The average Bonchev–Trinajstić information content (AvgIpc) is 2.62. The molecule has 1 aromatic heterocycles. The van der Waals surface area contributed by atoms with Crippen LogP contribution < -0.4 is 16.4 Å². The van der Waals surface area contributed by atoms with Gasteiger partial charge in [-0.3, -0.25) is 4.79 Å². The normalized spacial score (nSPS) is 20.1. The summed E-state index contributed by atoms with van der Waals surface area (Å²) in [5.74, 6) is -2.44. The Morgan fingerprint density at radius 3 is 2.58 bits per heavy atom. The number of hydrogen-bond acceptors (Lipinski definition) is 7. The van der Waals surface area contributed by atoms with Crippen LogP contribution in [-0.4, -0.2) is 38.6 Å². The van der Waals surface area contributed by atoms with E-state index < -0.39 is 17.2 Å². The summed E-state index contributed by atoms with van der Waals surface area (Å²) in [5.41, 5.74) is 5.74. The first-order valence-corrected chi connectivity index (χ1v) is 8.28. The maximum Gasteiger partial charge on any atom is 0.240 e. The number of hydrogen-bond donors (Lipinski definition) is 6. The van der Waals surface area contributed by atoms with Gasteiger partial charge in [0.2, 0.25) is 5.91 Å². The van der Waals surface area contributed by atoms with Crippen LogP contribution in [0.5, 0.6) is 0 Å². The Morgan fingerprint density at radius 1 is 1.38 bits per heavy atom. The molecule has 26 heavy (non-hydrogen) atoms. The summed E-state index contributed by atoms with van der Waals surface area (Å²) in [7, 11) is 0. The van der Waals surface area contributed by atoms with Crippen LogP contribution in [0.4, 0.5) is 10.2 Å².